The van der Waals surface area contributed by atoms with E-state index in [2.05, 4.69) is 18.8 Å². The first-order valence-corrected chi connectivity index (χ1v) is 8.47. The van der Waals surface area contributed by atoms with Gasteiger partial charge in [0.1, 0.15) is 31.8 Å². The smallest absolute Gasteiger partial charge is 0.332 e. The Bertz CT molecular complexity index is 868. The lowest BCUT2D eigenvalue weighted by Gasteiger charge is -2.32. The molecule has 8 heteroatoms. The fourth-order valence-electron chi connectivity index (χ4n) is 3.72. The highest BCUT2D eigenvalue weighted by Gasteiger charge is 2.28. The molecule has 3 heterocycles. The maximum atomic E-state index is 12.6. The summed E-state index contributed by atoms with van der Waals surface area (Å²) in [6, 6.07) is 0. The van der Waals surface area contributed by atoms with Crippen molar-refractivity contribution in [2.24, 2.45) is 14.1 Å². The van der Waals surface area contributed by atoms with Crippen molar-refractivity contribution in [3.05, 3.63) is 26.7 Å². The monoisotopic (exact) mass is 336 g/mol. The SMILES string of the molecule is CCn1c(C[NH+]2C[C@@H](C)O[C@@H](C)C2)nc2c1c(=O)n(C)c(=O)n2C. The van der Waals surface area contributed by atoms with Gasteiger partial charge in [0, 0.05) is 20.6 Å². The van der Waals surface area contributed by atoms with Crippen LogP contribution < -0.4 is 16.1 Å². The van der Waals surface area contributed by atoms with Crippen molar-refractivity contribution < 1.29 is 9.64 Å². The molecule has 1 aliphatic heterocycles. The summed E-state index contributed by atoms with van der Waals surface area (Å²) in [5.41, 5.74) is 0.341. The van der Waals surface area contributed by atoms with Crippen LogP contribution in [0.1, 0.15) is 26.6 Å². The molecule has 132 valence electrons. The van der Waals surface area contributed by atoms with Crippen molar-refractivity contribution in [2.45, 2.75) is 46.1 Å². The third-order valence-corrected chi connectivity index (χ3v) is 4.77. The summed E-state index contributed by atoms with van der Waals surface area (Å²) in [6.07, 6.45) is 0.417. The summed E-state index contributed by atoms with van der Waals surface area (Å²) in [7, 11) is 3.17. The van der Waals surface area contributed by atoms with Gasteiger partial charge in [-0.15, -0.1) is 0 Å². The van der Waals surface area contributed by atoms with Crippen LogP contribution in [0.4, 0.5) is 0 Å². The molecule has 3 atom stereocenters. The number of ether oxygens (including phenoxy) is 1. The van der Waals surface area contributed by atoms with Crippen LogP contribution in [0.3, 0.4) is 0 Å². The quantitative estimate of drug-likeness (QED) is 0.752. The van der Waals surface area contributed by atoms with Gasteiger partial charge in [-0.05, 0) is 20.8 Å². The summed E-state index contributed by atoms with van der Waals surface area (Å²) < 4.78 is 10.3. The highest BCUT2D eigenvalue weighted by molar-refractivity contribution is 5.71. The molecule has 24 heavy (non-hydrogen) atoms. The second-order valence-corrected chi connectivity index (χ2v) is 6.74. The molecule has 2 aromatic rings. The lowest BCUT2D eigenvalue weighted by atomic mass is 10.2. The Hall–Kier alpha value is -1.93. The van der Waals surface area contributed by atoms with Gasteiger partial charge in [-0.2, -0.15) is 0 Å². The number of aromatic nitrogens is 4. The minimum Gasteiger partial charge on any atom is -0.364 e. The van der Waals surface area contributed by atoms with Crippen LogP contribution in [0.5, 0.6) is 0 Å². The molecular formula is C16H26N5O3+. The Morgan fingerprint density at radius 3 is 2.38 bits per heavy atom. The molecule has 1 saturated heterocycles. The van der Waals surface area contributed by atoms with Crippen molar-refractivity contribution in [1.82, 2.24) is 18.7 Å². The van der Waals surface area contributed by atoms with Gasteiger partial charge in [0.15, 0.2) is 17.0 Å². The van der Waals surface area contributed by atoms with E-state index in [1.54, 1.807) is 7.05 Å². The molecule has 1 unspecified atom stereocenters. The lowest BCUT2D eigenvalue weighted by molar-refractivity contribution is -0.929. The molecule has 0 radical (unpaired) electrons. The van der Waals surface area contributed by atoms with Crippen LogP contribution in [0.15, 0.2) is 9.59 Å². The normalized spacial score (nSPS) is 24.6. The zero-order valence-electron chi connectivity index (χ0n) is 15.0. The number of hydrogen-bond donors (Lipinski definition) is 1. The van der Waals surface area contributed by atoms with Crippen LogP contribution >= 0.6 is 0 Å². The fourth-order valence-corrected chi connectivity index (χ4v) is 3.72. The standard InChI is InChI=1S/C16H25N5O3/c1-6-21-12(9-20-7-10(2)24-11(3)8-20)17-14-13(21)15(22)19(5)16(23)18(14)4/h10-11H,6-9H2,1-5H3/p+1/t10-,11+. The molecule has 0 aliphatic carbocycles. The Balaban J connectivity index is 2.09. The van der Waals surface area contributed by atoms with E-state index in [9.17, 15) is 9.59 Å². The van der Waals surface area contributed by atoms with Crippen LogP contribution in [-0.4, -0.2) is 44.0 Å². The Morgan fingerprint density at radius 2 is 1.79 bits per heavy atom. The van der Waals surface area contributed by atoms with E-state index in [1.165, 1.54) is 16.5 Å². The van der Waals surface area contributed by atoms with Crippen LogP contribution in [0.25, 0.3) is 11.2 Å². The lowest BCUT2D eigenvalue weighted by Crippen LogP contribution is -3.14. The van der Waals surface area contributed by atoms with Gasteiger partial charge >= 0.3 is 5.69 Å². The van der Waals surface area contributed by atoms with Crippen molar-refractivity contribution in [2.75, 3.05) is 13.1 Å². The molecule has 1 fully saturated rings. The van der Waals surface area contributed by atoms with E-state index in [0.717, 1.165) is 30.0 Å². The highest BCUT2D eigenvalue weighted by atomic mass is 16.5. The van der Waals surface area contributed by atoms with E-state index in [1.807, 2.05) is 11.5 Å². The van der Waals surface area contributed by atoms with Gasteiger partial charge in [-0.1, -0.05) is 0 Å². The van der Waals surface area contributed by atoms with Crippen molar-refractivity contribution in [1.29, 1.82) is 0 Å². The summed E-state index contributed by atoms with van der Waals surface area (Å²) in [5.74, 6) is 0.849. The van der Waals surface area contributed by atoms with E-state index in [0.29, 0.717) is 17.7 Å². The molecule has 0 aromatic carbocycles. The van der Waals surface area contributed by atoms with Crippen LogP contribution in [-0.2, 0) is 31.9 Å². The Morgan fingerprint density at radius 1 is 1.17 bits per heavy atom. The van der Waals surface area contributed by atoms with Gasteiger partial charge in [0.25, 0.3) is 5.56 Å². The van der Waals surface area contributed by atoms with Crippen molar-refractivity contribution >= 4 is 11.2 Å². The number of fused-ring (bicyclic) bond motifs is 1. The van der Waals surface area contributed by atoms with Crippen molar-refractivity contribution in [3.63, 3.8) is 0 Å². The topological polar surface area (TPSA) is 75.5 Å². The number of nitrogens with zero attached hydrogens (tertiary/aromatic N) is 4. The van der Waals surface area contributed by atoms with E-state index >= 15 is 0 Å². The summed E-state index contributed by atoms with van der Waals surface area (Å²) in [5, 5.41) is 0. The van der Waals surface area contributed by atoms with Crippen LogP contribution in [0.2, 0.25) is 0 Å². The van der Waals surface area contributed by atoms with E-state index in [-0.39, 0.29) is 23.5 Å². The first-order valence-electron chi connectivity index (χ1n) is 8.47. The predicted octanol–water partition coefficient (Wildman–Crippen LogP) is -1.35. The molecule has 0 spiro atoms. The number of aryl methyl sites for hydroxylation is 2. The second-order valence-electron chi connectivity index (χ2n) is 6.74. The second kappa shape index (κ2) is 6.18. The summed E-state index contributed by atoms with van der Waals surface area (Å²) in [6.45, 7) is 9.35. The predicted molar refractivity (Wildman–Crippen MR) is 90.3 cm³/mol. The van der Waals surface area contributed by atoms with Gasteiger partial charge in [0.2, 0.25) is 0 Å². The van der Waals surface area contributed by atoms with Crippen LogP contribution in [0, 0.1) is 0 Å². The van der Waals surface area contributed by atoms with E-state index < -0.39 is 0 Å². The maximum absolute atomic E-state index is 12.6. The van der Waals surface area contributed by atoms with Crippen molar-refractivity contribution in [3.8, 4) is 0 Å². The number of rotatable bonds is 3. The highest BCUT2D eigenvalue weighted by Crippen LogP contribution is 2.10. The third-order valence-electron chi connectivity index (χ3n) is 4.77. The molecule has 1 aliphatic rings. The molecule has 3 rings (SSSR count). The van der Waals surface area contributed by atoms with Gasteiger partial charge in [-0.3, -0.25) is 13.9 Å². The Labute approximate surface area is 140 Å². The third kappa shape index (κ3) is 2.69. The van der Waals surface area contributed by atoms with Gasteiger partial charge < -0.3 is 14.2 Å². The molecule has 8 nitrogen and oxygen atoms in total. The molecular weight excluding hydrogens is 310 g/mol. The number of imidazole rings is 1. The molecule has 2 aromatic heterocycles. The average molecular weight is 336 g/mol. The summed E-state index contributed by atoms with van der Waals surface area (Å²) in [4.78, 5) is 30.7. The Kier molecular flexibility index (Phi) is 4.35. The molecule has 0 amide bonds. The zero-order valence-corrected chi connectivity index (χ0v) is 15.0. The number of morpholine rings is 1. The van der Waals surface area contributed by atoms with E-state index in [4.69, 9.17) is 4.74 Å². The fraction of sp³-hybridized carbons (Fsp3) is 0.688. The molecule has 0 saturated carbocycles. The first kappa shape index (κ1) is 16.9. The minimum atomic E-state index is -0.347. The maximum Gasteiger partial charge on any atom is 0.332 e. The molecule has 0 bridgehead atoms. The summed E-state index contributed by atoms with van der Waals surface area (Å²) >= 11 is 0. The zero-order chi connectivity index (χ0) is 17.6. The van der Waals surface area contributed by atoms with Gasteiger partial charge in [-0.25, -0.2) is 9.78 Å². The molecule has 1 N–H and O–H groups in total. The number of nitrogens with one attached hydrogen (secondary N) is 1. The largest absolute Gasteiger partial charge is 0.364 e. The first-order chi connectivity index (χ1) is 11.3. The minimum absolute atomic E-state index is 0.209. The number of hydrogen-bond acceptors (Lipinski definition) is 4. The van der Waals surface area contributed by atoms with Gasteiger partial charge in [0.05, 0.1) is 0 Å². The average Bonchev–Trinajstić information content (AvgIpc) is 2.88. The number of quaternary nitrogens is 1.